The van der Waals surface area contributed by atoms with E-state index in [9.17, 15) is 18.4 Å². The van der Waals surface area contributed by atoms with Gasteiger partial charge in [-0.3, -0.25) is 9.59 Å². The van der Waals surface area contributed by atoms with Crippen molar-refractivity contribution in [3.63, 3.8) is 0 Å². The first-order valence-electron chi connectivity index (χ1n) is 16.6. The van der Waals surface area contributed by atoms with E-state index in [4.69, 9.17) is 10.2 Å². The standard InChI is InChI=1S/C39H32F2N6O2S2/c40-28-16-12-26(13-17-28)36-32(22-46(42-36)30-8-3-1-4-9-30)38-44(34(48)24-50-38)20-7-21-45-35(49)25-51-39(45)33-23-47(31-10-5-2-6-11-31)43-37(33)27-14-18-29(41)19-15-27/h1-6,8-19,22-23,38-39H,7,20-21,24-25H2/t38-,39+. The van der Waals surface area contributed by atoms with Crippen molar-refractivity contribution < 1.29 is 18.4 Å². The third kappa shape index (κ3) is 6.68. The third-order valence-electron chi connectivity index (χ3n) is 9.03. The molecule has 0 aliphatic carbocycles. The summed E-state index contributed by atoms with van der Waals surface area (Å²) < 4.78 is 31.4. The molecule has 4 aromatic carbocycles. The predicted octanol–water partition coefficient (Wildman–Crippen LogP) is 7.91. The van der Waals surface area contributed by atoms with E-state index < -0.39 is 0 Å². The second-order valence-electron chi connectivity index (χ2n) is 12.3. The van der Waals surface area contributed by atoms with Crippen molar-refractivity contribution in [3.05, 3.63) is 144 Å². The Morgan fingerprint density at radius 2 is 0.961 bits per heavy atom. The van der Waals surface area contributed by atoms with Crippen LogP contribution in [0.4, 0.5) is 8.78 Å². The lowest BCUT2D eigenvalue weighted by molar-refractivity contribution is -0.128. The normalized spacial score (nSPS) is 17.5. The lowest BCUT2D eigenvalue weighted by atomic mass is 10.1. The molecule has 6 aromatic rings. The minimum Gasteiger partial charge on any atom is -0.326 e. The molecule has 256 valence electrons. The summed E-state index contributed by atoms with van der Waals surface area (Å²) in [6.07, 6.45) is 4.47. The first-order chi connectivity index (χ1) is 24.9. The van der Waals surface area contributed by atoms with E-state index in [1.54, 1.807) is 57.2 Å². The molecule has 8 nitrogen and oxygen atoms in total. The Labute approximate surface area is 302 Å². The van der Waals surface area contributed by atoms with Gasteiger partial charge in [-0.15, -0.1) is 23.5 Å². The van der Waals surface area contributed by atoms with E-state index in [0.29, 0.717) is 42.4 Å². The molecule has 2 aliphatic heterocycles. The molecule has 0 bridgehead atoms. The van der Waals surface area contributed by atoms with Gasteiger partial charge in [0.25, 0.3) is 0 Å². The van der Waals surface area contributed by atoms with E-state index in [2.05, 4.69) is 0 Å². The lowest BCUT2D eigenvalue weighted by Gasteiger charge is -2.27. The largest absolute Gasteiger partial charge is 0.326 e. The molecule has 8 rings (SSSR count). The molecule has 2 atom stereocenters. The fourth-order valence-corrected chi connectivity index (χ4v) is 8.99. The summed E-state index contributed by atoms with van der Waals surface area (Å²) in [5.74, 6) is 0.0169. The van der Waals surface area contributed by atoms with Gasteiger partial charge in [0.05, 0.1) is 34.3 Å². The highest BCUT2D eigenvalue weighted by Gasteiger charge is 2.38. The van der Waals surface area contributed by atoms with E-state index >= 15 is 0 Å². The zero-order chi connectivity index (χ0) is 34.9. The summed E-state index contributed by atoms with van der Waals surface area (Å²) in [6.45, 7) is 0.871. The van der Waals surface area contributed by atoms with Gasteiger partial charge in [0, 0.05) is 47.7 Å². The van der Waals surface area contributed by atoms with Gasteiger partial charge < -0.3 is 9.80 Å². The van der Waals surface area contributed by atoms with Crippen molar-refractivity contribution in [2.75, 3.05) is 24.6 Å². The second kappa shape index (κ2) is 14.2. The van der Waals surface area contributed by atoms with Crippen LogP contribution in [0, 0.1) is 11.6 Å². The SMILES string of the molecule is O=C1CS[C@H](c2cn(-c3ccccc3)nc2-c2ccc(F)cc2)N1CCCN1C(=O)CS[C@H]1c1cn(-c2ccccc2)nc1-c1ccc(F)cc1. The number of halogens is 2. The van der Waals surface area contributed by atoms with E-state index in [-0.39, 0.29) is 34.2 Å². The van der Waals surface area contributed by atoms with Crippen LogP contribution in [-0.4, -0.2) is 65.8 Å². The fourth-order valence-electron chi connectivity index (χ4n) is 6.54. The average Bonchev–Trinajstić information content (AvgIpc) is 3.96. The van der Waals surface area contributed by atoms with Crippen LogP contribution < -0.4 is 0 Å². The highest BCUT2D eigenvalue weighted by atomic mass is 32.2. The number of amides is 2. The molecule has 0 spiro atoms. The number of aromatic nitrogens is 4. The number of benzene rings is 4. The van der Waals surface area contributed by atoms with Crippen molar-refractivity contribution in [2.45, 2.75) is 17.2 Å². The van der Waals surface area contributed by atoms with Gasteiger partial charge in [-0.2, -0.15) is 10.2 Å². The Balaban J connectivity index is 1.06. The van der Waals surface area contributed by atoms with Crippen molar-refractivity contribution in [3.8, 4) is 33.9 Å². The molecular weight excluding hydrogens is 687 g/mol. The number of rotatable bonds is 10. The van der Waals surface area contributed by atoms with Crippen molar-refractivity contribution in [1.29, 1.82) is 0 Å². The zero-order valence-electron chi connectivity index (χ0n) is 27.3. The van der Waals surface area contributed by atoms with Crippen LogP contribution in [0.5, 0.6) is 0 Å². The Bertz CT molecular complexity index is 2020. The molecule has 0 N–H and O–H groups in total. The Hall–Kier alpha value is -5.20. The summed E-state index contributed by atoms with van der Waals surface area (Å²) in [4.78, 5) is 30.5. The minimum absolute atomic E-state index is 0.0175. The first kappa shape index (κ1) is 33.0. The Kier molecular flexibility index (Phi) is 9.18. The predicted molar refractivity (Wildman–Crippen MR) is 196 cm³/mol. The molecule has 0 saturated carbocycles. The lowest BCUT2D eigenvalue weighted by Crippen LogP contribution is -2.34. The Morgan fingerprint density at radius 3 is 1.35 bits per heavy atom. The van der Waals surface area contributed by atoms with Crippen LogP contribution in [-0.2, 0) is 9.59 Å². The van der Waals surface area contributed by atoms with Crippen molar-refractivity contribution >= 4 is 35.3 Å². The number of thioether (sulfide) groups is 2. The van der Waals surface area contributed by atoms with Gasteiger partial charge in [-0.25, -0.2) is 18.1 Å². The summed E-state index contributed by atoms with van der Waals surface area (Å²) in [6, 6.07) is 32.0. The quantitative estimate of drug-likeness (QED) is 0.143. The maximum Gasteiger partial charge on any atom is 0.233 e. The molecule has 12 heteroatoms. The molecule has 0 unspecified atom stereocenters. The number of nitrogens with zero attached hydrogens (tertiary/aromatic N) is 6. The number of para-hydroxylation sites is 2. The van der Waals surface area contributed by atoms with Crippen LogP contribution in [0.2, 0.25) is 0 Å². The number of hydrogen-bond acceptors (Lipinski definition) is 6. The summed E-state index contributed by atoms with van der Waals surface area (Å²) >= 11 is 3.08. The molecule has 2 amide bonds. The van der Waals surface area contributed by atoms with Crippen molar-refractivity contribution in [1.82, 2.24) is 29.4 Å². The molecule has 0 radical (unpaired) electrons. The van der Waals surface area contributed by atoms with Crippen LogP contribution in [0.25, 0.3) is 33.9 Å². The van der Waals surface area contributed by atoms with Crippen LogP contribution in [0.3, 0.4) is 0 Å². The average molecular weight is 719 g/mol. The number of carbonyl (C=O) groups is 2. The molecule has 2 fully saturated rings. The highest BCUT2D eigenvalue weighted by molar-refractivity contribution is 8.00. The maximum absolute atomic E-state index is 13.9. The van der Waals surface area contributed by atoms with Gasteiger partial charge in [-0.1, -0.05) is 36.4 Å². The number of hydrogen-bond donors (Lipinski definition) is 0. The minimum atomic E-state index is -0.333. The maximum atomic E-state index is 13.9. The van der Waals surface area contributed by atoms with Gasteiger partial charge in [0.15, 0.2) is 0 Å². The molecule has 4 heterocycles. The Morgan fingerprint density at radius 1 is 0.569 bits per heavy atom. The summed E-state index contributed by atoms with van der Waals surface area (Å²) in [7, 11) is 0. The van der Waals surface area contributed by atoms with E-state index in [0.717, 1.165) is 33.6 Å². The van der Waals surface area contributed by atoms with Gasteiger partial charge in [0.2, 0.25) is 11.8 Å². The summed E-state index contributed by atoms with van der Waals surface area (Å²) in [5.41, 5.74) is 6.37. The molecule has 2 aromatic heterocycles. The zero-order valence-corrected chi connectivity index (χ0v) is 28.9. The molecule has 2 aliphatic rings. The molecular formula is C39H32F2N6O2S2. The molecule has 51 heavy (non-hydrogen) atoms. The van der Waals surface area contributed by atoms with Gasteiger partial charge in [-0.05, 0) is 79.2 Å². The van der Waals surface area contributed by atoms with E-state index in [1.807, 2.05) is 82.9 Å². The molecule has 2 saturated heterocycles. The highest BCUT2D eigenvalue weighted by Crippen LogP contribution is 2.45. The number of carbonyl (C=O) groups excluding carboxylic acids is 2. The second-order valence-corrected chi connectivity index (χ2v) is 14.4. The fraction of sp³-hybridized carbons (Fsp3) is 0.179. The van der Waals surface area contributed by atoms with E-state index in [1.165, 1.54) is 24.3 Å². The van der Waals surface area contributed by atoms with Crippen LogP contribution in [0.15, 0.2) is 122 Å². The summed E-state index contributed by atoms with van der Waals surface area (Å²) in [5, 5.41) is 9.20. The van der Waals surface area contributed by atoms with Crippen LogP contribution >= 0.6 is 23.5 Å². The third-order valence-corrected chi connectivity index (χ3v) is 11.5. The van der Waals surface area contributed by atoms with Gasteiger partial charge >= 0.3 is 0 Å². The van der Waals surface area contributed by atoms with Crippen LogP contribution in [0.1, 0.15) is 28.3 Å². The smallest absolute Gasteiger partial charge is 0.233 e. The van der Waals surface area contributed by atoms with Gasteiger partial charge in [0.1, 0.15) is 22.4 Å². The monoisotopic (exact) mass is 718 g/mol. The topological polar surface area (TPSA) is 76.3 Å². The first-order valence-corrected chi connectivity index (χ1v) is 18.7. The van der Waals surface area contributed by atoms with Crippen molar-refractivity contribution in [2.24, 2.45) is 0 Å².